The second kappa shape index (κ2) is 2.68. The van der Waals surface area contributed by atoms with Crippen LogP contribution in [0.1, 0.15) is 0 Å². The highest BCUT2D eigenvalue weighted by atomic mass is 32.2. The molecule has 1 aromatic rings. The summed E-state index contributed by atoms with van der Waals surface area (Å²) in [6.07, 6.45) is 5.16. The van der Waals surface area contributed by atoms with E-state index in [1.54, 1.807) is 17.2 Å². The molecular weight excluding hydrogens is 134 g/mol. The van der Waals surface area contributed by atoms with Crippen molar-refractivity contribution in [1.82, 2.24) is 14.8 Å². The molecule has 0 unspecified atom stereocenters. The minimum Gasteiger partial charge on any atom is -0.228 e. The van der Waals surface area contributed by atoms with Gasteiger partial charge in [-0.3, -0.25) is 0 Å². The zero-order valence-electron chi connectivity index (χ0n) is 5.11. The molecule has 0 aliphatic carbocycles. The molecule has 4 heteroatoms. The lowest BCUT2D eigenvalue weighted by atomic mass is 11.0. The van der Waals surface area contributed by atoms with Crippen LogP contribution in [0.3, 0.4) is 0 Å². The maximum absolute atomic E-state index is 4.00. The Labute approximate surface area is 57.8 Å². The van der Waals surface area contributed by atoms with Gasteiger partial charge in [0.15, 0.2) is 0 Å². The second-order valence-electron chi connectivity index (χ2n) is 1.39. The smallest absolute Gasteiger partial charge is 0.208 e. The molecule has 9 heavy (non-hydrogen) atoms. The minimum atomic E-state index is 0.773. The highest BCUT2D eigenvalue weighted by Crippen LogP contribution is 2.04. The van der Waals surface area contributed by atoms with Crippen molar-refractivity contribution < 1.29 is 0 Å². The molecule has 0 aliphatic heterocycles. The highest BCUT2D eigenvalue weighted by Gasteiger charge is 1.92. The quantitative estimate of drug-likeness (QED) is 0.578. The van der Waals surface area contributed by atoms with Crippen molar-refractivity contribution in [3.8, 4) is 0 Å². The van der Waals surface area contributed by atoms with E-state index in [1.165, 1.54) is 11.8 Å². The summed E-state index contributed by atoms with van der Waals surface area (Å²) in [5.41, 5.74) is 0. The summed E-state index contributed by atoms with van der Waals surface area (Å²) in [5.74, 6) is 0. The third-order valence-electron chi connectivity index (χ3n) is 0.857. The van der Waals surface area contributed by atoms with Gasteiger partial charge in [-0.1, -0.05) is 18.3 Å². The summed E-state index contributed by atoms with van der Waals surface area (Å²) in [7, 11) is 0. The van der Waals surface area contributed by atoms with Gasteiger partial charge >= 0.3 is 0 Å². The molecule has 48 valence electrons. The van der Waals surface area contributed by atoms with Gasteiger partial charge in [0.1, 0.15) is 6.33 Å². The second-order valence-corrected chi connectivity index (χ2v) is 2.17. The lowest BCUT2D eigenvalue weighted by molar-refractivity contribution is 0.878. The van der Waals surface area contributed by atoms with Gasteiger partial charge in [0.05, 0.1) is 0 Å². The fraction of sp³-hybridized carbons (Fsp3) is 0.200. The van der Waals surface area contributed by atoms with Crippen molar-refractivity contribution in [2.24, 2.45) is 0 Å². The molecule has 1 rings (SSSR count). The number of thioether (sulfide) groups is 1. The van der Waals surface area contributed by atoms with Gasteiger partial charge in [0, 0.05) is 6.20 Å². The van der Waals surface area contributed by atoms with Crippen LogP contribution >= 0.6 is 11.8 Å². The zero-order chi connectivity index (χ0) is 6.69. The van der Waals surface area contributed by atoms with Crippen LogP contribution in [0.15, 0.2) is 18.1 Å². The summed E-state index contributed by atoms with van der Waals surface area (Å²) in [6, 6.07) is 0. The average molecular weight is 141 g/mol. The largest absolute Gasteiger partial charge is 0.228 e. The number of hydrogen-bond acceptors (Lipinski definition) is 3. The third kappa shape index (κ3) is 1.32. The standard InChI is InChI=1S/C5H7N3S/c1-3-8-4-6-5(7-8)9-2/h3-4H,1H2,2H3. The van der Waals surface area contributed by atoms with E-state index in [4.69, 9.17) is 0 Å². The van der Waals surface area contributed by atoms with E-state index in [1.807, 2.05) is 6.26 Å². The van der Waals surface area contributed by atoms with E-state index in [9.17, 15) is 0 Å². The molecule has 1 aromatic heterocycles. The van der Waals surface area contributed by atoms with Gasteiger partial charge < -0.3 is 0 Å². The molecule has 1 heterocycles. The molecular formula is C5H7N3S. The number of aromatic nitrogens is 3. The van der Waals surface area contributed by atoms with Crippen molar-refractivity contribution in [2.75, 3.05) is 6.26 Å². The third-order valence-corrected chi connectivity index (χ3v) is 1.41. The van der Waals surface area contributed by atoms with Crippen molar-refractivity contribution in [2.45, 2.75) is 5.16 Å². The Bertz CT molecular complexity index is 206. The summed E-state index contributed by atoms with van der Waals surface area (Å²) in [4.78, 5) is 3.95. The van der Waals surface area contributed by atoms with Crippen LogP contribution in [0.4, 0.5) is 0 Å². The fourth-order valence-electron chi connectivity index (χ4n) is 0.440. The van der Waals surface area contributed by atoms with Crippen LogP contribution < -0.4 is 0 Å². The van der Waals surface area contributed by atoms with Crippen LogP contribution in [0.25, 0.3) is 6.20 Å². The first-order chi connectivity index (χ1) is 4.36. The first kappa shape index (κ1) is 6.35. The van der Waals surface area contributed by atoms with Crippen LogP contribution in [-0.4, -0.2) is 21.0 Å². The summed E-state index contributed by atoms with van der Waals surface area (Å²) in [6.45, 7) is 3.53. The maximum Gasteiger partial charge on any atom is 0.208 e. The molecule has 0 bridgehead atoms. The summed E-state index contributed by atoms with van der Waals surface area (Å²) in [5, 5.41) is 4.77. The highest BCUT2D eigenvalue weighted by molar-refractivity contribution is 7.98. The van der Waals surface area contributed by atoms with Crippen LogP contribution in [0.2, 0.25) is 0 Å². The topological polar surface area (TPSA) is 30.7 Å². The Morgan fingerprint density at radius 1 is 1.89 bits per heavy atom. The lowest BCUT2D eigenvalue weighted by Crippen LogP contribution is -1.83. The Morgan fingerprint density at radius 2 is 2.67 bits per heavy atom. The SMILES string of the molecule is C=Cn1cnc(SC)n1. The first-order valence-corrected chi connectivity index (χ1v) is 3.67. The predicted molar refractivity (Wildman–Crippen MR) is 38.2 cm³/mol. The normalized spacial score (nSPS) is 9.44. The van der Waals surface area contributed by atoms with Gasteiger partial charge in [0.25, 0.3) is 0 Å². The molecule has 3 nitrogen and oxygen atoms in total. The minimum absolute atomic E-state index is 0.773. The van der Waals surface area contributed by atoms with Gasteiger partial charge in [-0.05, 0) is 6.26 Å². The molecule has 0 aromatic carbocycles. The first-order valence-electron chi connectivity index (χ1n) is 2.44. The molecule has 0 N–H and O–H groups in total. The van der Waals surface area contributed by atoms with E-state index < -0.39 is 0 Å². The molecule has 0 atom stereocenters. The number of hydrogen-bond donors (Lipinski definition) is 0. The zero-order valence-corrected chi connectivity index (χ0v) is 5.93. The molecule has 0 amide bonds. The van der Waals surface area contributed by atoms with Crippen molar-refractivity contribution in [1.29, 1.82) is 0 Å². The molecule has 0 saturated heterocycles. The lowest BCUT2D eigenvalue weighted by Gasteiger charge is -1.82. The molecule has 0 aliphatic rings. The van der Waals surface area contributed by atoms with Crippen molar-refractivity contribution in [3.05, 3.63) is 12.9 Å². The van der Waals surface area contributed by atoms with Gasteiger partial charge in [-0.15, -0.1) is 5.10 Å². The Hall–Kier alpha value is -0.770. The van der Waals surface area contributed by atoms with Crippen molar-refractivity contribution in [3.63, 3.8) is 0 Å². The predicted octanol–water partition coefficient (Wildman–Crippen LogP) is 1.10. The number of nitrogens with zero attached hydrogens (tertiary/aromatic N) is 3. The van der Waals surface area contributed by atoms with Gasteiger partial charge in [-0.25, -0.2) is 9.67 Å². The molecule has 0 fully saturated rings. The molecule has 0 spiro atoms. The Morgan fingerprint density at radius 3 is 3.00 bits per heavy atom. The van der Waals surface area contributed by atoms with E-state index in [2.05, 4.69) is 16.7 Å². The fourth-order valence-corrected chi connectivity index (χ4v) is 0.769. The maximum atomic E-state index is 4.00. The monoisotopic (exact) mass is 141 g/mol. The van der Waals surface area contributed by atoms with E-state index in [0.717, 1.165) is 5.16 Å². The van der Waals surface area contributed by atoms with E-state index in [0.29, 0.717) is 0 Å². The van der Waals surface area contributed by atoms with Crippen molar-refractivity contribution >= 4 is 18.0 Å². The number of rotatable bonds is 2. The Kier molecular flexibility index (Phi) is 1.89. The van der Waals surface area contributed by atoms with E-state index >= 15 is 0 Å². The van der Waals surface area contributed by atoms with Crippen LogP contribution in [-0.2, 0) is 0 Å². The van der Waals surface area contributed by atoms with Crippen LogP contribution in [0, 0.1) is 0 Å². The molecule has 0 radical (unpaired) electrons. The molecule has 0 saturated carbocycles. The Balaban J connectivity index is 2.86. The van der Waals surface area contributed by atoms with Gasteiger partial charge in [0.2, 0.25) is 5.16 Å². The van der Waals surface area contributed by atoms with E-state index in [-0.39, 0.29) is 0 Å². The average Bonchev–Trinajstić information content (AvgIpc) is 2.34. The van der Waals surface area contributed by atoms with Gasteiger partial charge in [-0.2, -0.15) is 0 Å². The van der Waals surface area contributed by atoms with Crippen LogP contribution in [0.5, 0.6) is 0 Å². The summed E-state index contributed by atoms with van der Waals surface area (Å²) >= 11 is 1.51. The summed E-state index contributed by atoms with van der Waals surface area (Å²) < 4.78 is 1.58.